The molecule has 1 N–H and O–H groups in total. The maximum atomic E-state index is 9.95. The van der Waals surface area contributed by atoms with Crippen molar-refractivity contribution in [2.24, 2.45) is 0 Å². The van der Waals surface area contributed by atoms with Gasteiger partial charge in [0, 0.05) is 6.04 Å². The fourth-order valence-electron chi connectivity index (χ4n) is 1.05. The van der Waals surface area contributed by atoms with Gasteiger partial charge in [-0.15, -0.1) is 0 Å². The first-order chi connectivity index (χ1) is 5.84. The molecule has 0 aliphatic carbocycles. The van der Waals surface area contributed by atoms with Crippen molar-refractivity contribution >= 4 is 6.29 Å². The molecule has 12 heavy (non-hydrogen) atoms. The highest BCUT2D eigenvalue weighted by Gasteiger charge is 2.01. The summed E-state index contributed by atoms with van der Waals surface area (Å²) in [6.07, 6.45) is 1.81. The Labute approximate surface area is 72.6 Å². The molecule has 0 aromatic heterocycles. The van der Waals surface area contributed by atoms with Gasteiger partial charge in [-0.3, -0.25) is 4.79 Å². The second-order valence-electron chi connectivity index (χ2n) is 2.66. The van der Waals surface area contributed by atoms with Crippen LogP contribution in [0.1, 0.15) is 18.5 Å². The maximum absolute atomic E-state index is 9.95. The first-order valence-corrected chi connectivity index (χ1v) is 3.98. The fraction of sp³-hybridized carbons (Fsp3) is 0.300. The number of nitrogens with one attached hydrogen (secondary N) is 1. The number of carbonyl (C=O) groups excluding carboxylic acids is 1. The van der Waals surface area contributed by atoms with Crippen LogP contribution < -0.4 is 5.32 Å². The van der Waals surface area contributed by atoms with Crippen molar-refractivity contribution in [1.82, 2.24) is 5.32 Å². The zero-order valence-corrected chi connectivity index (χ0v) is 7.08. The third-order valence-corrected chi connectivity index (χ3v) is 1.78. The van der Waals surface area contributed by atoms with E-state index in [0.29, 0.717) is 0 Å². The maximum Gasteiger partial charge on any atom is 0.213 e. The SMILES string of the molecule is C[C@H](NC[C]=O)c1ccccc1. The van der Waals surface area contributed by atoms with Crippen LogP contribution in [-0.2, 0) is 4.79 Å². The van der Waals surface area contributed by atoms with Gasteiger partial charge in [0.1, 0.15) is 0 Å². The van der Waals surface area contributed by atoms with Crippen molar-refractivity contribution in [3.63, 3.8) is 0 Å². The van der Waals surface area contributed by atoms with E-state index in [1.165, 1.54) is 5.56 Å². The summed E-state index contributed by atoms with van der Waals surface area (Å²) >= 11 is 0. The lowest BCUT2D eigenvalue weighted by atomic mass is 10.1. The summed E-state index contributed by atoms with van der Waals surface area (Å²) in [5, 5.41) is 3.02. The molecule has 0 bridgehead atoms. The van der Waals surface area contributed by atoms with E-state index in [0.717, 1.165) is 0 Å². The zero-order chi connectivity index (χ0) is 8.81. The Bertz CT molecular complexity index is 233. The zero-order valence-electron chi connectivity index (χ0n) is 7.08. The third-order valence-electron chi connectivity index (χ3n) is 1.78. The number of benzene rings is 1. The van der Waals surface area contributed by atoms with Crippen LogP contribution in [0.25, 0.3) is 0 Å². The van der Waals surface area contributed by atoms with Crippen LogP contribution in [0, 0.1) is 0 Å². The van der Waals surface area contributed by atoms with E-state index in [9.17, 15) is 4.79 Å². The van der Waals surface area contributed by atoms with E-state index in [2.05, 4.69) is 5.32 Å². The smallest absolute Gasteiger partial charge is 0.213 e. The summed E-state index contributed by atoms with van der Waals surface area (Å²) < 4.78 is 0. The Balaban J connectivity index is 2.53. The molecule has 1 aromatic rings. The summed E-state index contributed by atoms with van der Waals surface area (Å²) in [5.41, 5.74) is 1.19. The average Bonchev–Trinajstić information content (AvgIpc) is 2.15. The van der Waals surface area contributed by atoms with Gasteiger partial charge in [-0.25, -0.2) is 0 Å². The Morgan fingerprint density at radius 3 is 2.67 bits per heavy atom. The second kappa shape index (κ2) is 4.67. The summed E-state index contributed by atoms with van der Waals surface area (Å²) in [6.45, 7) is 2.31. The predicted octanol–water partition coefficient (Wildman–Crippen LogP) is 1.45. The molecule has 0 unspecified atom stereocenters. The molecule has 0 spiro atoms. The van der Waals surface area contributed by atoms with Crippen molar-refractivity contribution in [2.75, 3.05) is 6.54 Å². The van der Waals surface area contributed by atoms with Gasteiger partial charge in [0.25, 0.3) is 0 Å². The van der Waals surface area contributed by atoms with Crippen LogP contribution in [0.15, 0.2) is 30.3 Å². The van der Waals surface area contributed by atoms with E-state index in [-0.39, 0.29) is 12.6 Å². The minimum atomic E-state index is 0.215. The first-order valence-electron chi connectivity index (χ1n) is 3.98. The Morgan fingerprint density at radius 2 is 2.08 bits per heavy atom. The van der Waals surface area contributed by atoms with E-state index in [1.54, 1.807) is 0 Å². The van der Waals surface area contributed by atoms with Crippen LogP contribution in [0.5, 0.6) is 0 Å². The number of rotatable bonds is 4. The normalized spacial score (nSPS) is 12.4. The topological polar surface area (TPSA) is 29.1 Å². The molecule has 1 aromatic carbocycles. The Hall–Kier alpha value is -1.15. The van der Waals surface area contributed by atoms with Gasteiger partial charge in [0.2, 0.25) is 6.29 Å². The lowest BCUT2D eigenvalue weighted by molar-refractivity contribution is 0.537. The molecule has 0 aliphatic rings. The monoisotopic (exact) mass is 162 g/mol. The highest BCUT2D eigenvalue weighted by molar-refractivity contribution is 5.53. The van der Waals surface area contributed by atoms with Gasteiger partial charge in [0.15, 0.2) is 0 Å². The molecule has 0 aliphatic heterocycles. The lowest BCUT2D eigenvalue weighted by Crippen LogP contribution is -2.20. The quantitative estimate of drug-likeness (QED) is 0.726. The fourth-order valence-corrected chi connectivity index (χ4v) is 1.05. The molecule has 0 saturated carbocycles. The minimum Gasteiger partial charge on any atom is -0.303 e. The highest BCUT2D eigenvalue weighted by Crippen LogP contribution is 2.09. The highest BCUT2D eigenvalue weighted by atomic mass is 16.1. The summed E-state index contributed by atoms with van der Waals surface area (Å²) in [6, 6.07) is 10.2. The standard InChI is InChI=1S/C10H12NO/c1-9(11-7-8-12)10-5-3-2-4-6-10/h2-6,9,11H,7H2,1H3/t9-/m0/s1. The average molecular weight is 162 g/mol. The van der Waals surface area contributed by atoms with Crippen LogP contribution in [0.3, 0.4) is 0 Å². The van der Waals surface area contributed by atoms with Gasteiger partial charge >= 0.3 is 0 Å². The third kappa shape index (κ3) is 2.47. The van der Waals surface area contributed by atoms with Crippen molar-refractivity contribution in [1.29, 1.82) is 0 Å². The van der Waals surface area contributed by atoms with E-state index in [1.807, 2.05) is 43.5 Å². The molecule has 2 nitrogen and oxygen atoms in total. The Kier molecular flexibility index (Phi) is 3.48. The summed E-state index contributed by atoms with van der Waals surface area (Å²) in [5.74, 6) is 0. The van der Waals surface area contributed by atoms with Crippen molar-refractivity contribution in [3.8, 4) is 0 Å². The van der Waals surface area contributed by atoms with E-state index < -0.39 is 0 Å². The van der Waals surface area contributed by atoms with Crippen LogP contribution in [0.2, 0.25) is 0 Å². The van der Waals surface area contributed by atoms with Crippen molar-refractivity contribution < 1.29 is 4.79 Å². The van der Waals surface area contributed by atoms with Crippen LogP contribution in [0.4, 0.5) is 0 Å². The Morgan fingerprint density at radius 1 is 1.42 bits per heavy atom. The second-order valence-corrected chi connectivity index (χ2v) is 2.66. The molecule has 0 saturated heterocycles. The molecule has 1 atom stereocenters. The van der Waals surface area contributed by atoms with Gasteiger partial charge in [-0.2, -0.15) is 0 Å². The van der Waals surface area contributed by atoms with Gasteiger partial charge in [0.05, 0.1) is 6.54 Å². The predicted molar refractivity (Wildman–Crippen MR) is 48.6 cm³/mol. The largest absolute Gasteiger partial charge is 0.303 e. The van der Waals surface area contributed by atoms with Gasteiger partial charge < -0.3 is 5.32 Å². The molecular weight excluding hydrogens is 150 g/mol. The van der Waals surface area contributed by atoms with Crippen LogP contribution >= 0.6 is 0 Å². The summed E-state index contributed by atoms with van der Waals surface area (Å²) in [4.78, 5) is 9.95. The molecule has 0 fully saturated rings. The molecule has 1 radical (unpaired) electrons. The van der Waals surface area contributed by atoms with Gasteiger partial charge in [-0.05, 0) is 12.5 Å². The molecule has 1 rings (SSSR count). The van der Waals surface area contributed by atoms with E-state index in [4.69, 9.17) is 0 Å². The summed E-state index contributed by atoms with van der Waals surface area (Å²) in [7, 11) is 0. The molecule has 0 amide bonds. The van der Waals surface area contributed by atoms with Gasteiger partial charge in [-0.1, -0.05) is 30.3 Å². The number of hydrogen-bond acceptors (Lipinski definition) is 2. The minimum absolute atomic E-state index is 0.215. The van der Waals surface area contributed by atoms with Crippen LogP contribution in [-0.4, -0.2) is 12.8 Å². The molecule has 63 valence electrons. The van der Waals surface area contributed by atoms with Crippen molar-refractivity contribution in [3.05, 3.63) is 35.9 Å². The first kappa shape index (κ1) is 8.94. The van der Waals surface area contributed by atoms with E-state index >= 15 is 0 Å². The number of hydrogen-bond donors (Lipinski definition) is 1. The molecule has 0 heterocycles. The molecular formula is C10H12NO. The lowest BCUT2D eigenvalue weighted by Gasteiger charge is -2.10. The van der Waals surface area contributed by atoms with Crippen molar-refractivity contribution in [2.45, 2.75) is 13.0 Å². The molecule has 2 heteroatoms.